The first-order chi connectivity index (χ1) is 7.44. The summed E-state index contributed by atoms with van der Waals surface area (Å²) in [7, 11) is 1.73. The van der Waals surface area contributed by atoms with Gasteiger partial charge < -0.3 is 10.1 Å². The molecule has 0 amide bonds. The van der Waals surface area contributed by atoms with E-state index in [0.29, 0.717) is 0 Å². The van der Waals surface area contributed by atoms with E-state index in [0.717, 1.165) is 18.1 Å². The minimum atomic E-state index is -0.125. The topological polar surface area (TPSA) is 21.3 Å². The molecule has 0 aliphatic rings. The normalized spacial score (nSPS) is 11.8. The highest BCUT2D eigenvalue weighted by atomic mass is 35.5. The predicted octanol–water partition coefficient (Wildman–Crippen LogP) is 3.16. The number of rotatable bonds is 5. The number of aryl methyl sites for hydroxylation is 1. The summed E-state index contributed by atoms with van der Waals surface area (Å²) in [4.78, 5) is 0. The molecule has 0 unspecified atom stereocenters. The van der Waals surface area contributed by atoms with Crippen molar-refractivity contribution in [3.05, 3.63) is 34.3 Å². The van der Waals surface area contributed by atoms with E-state index in [4.69, 9.17) is 16.3 Å². The van der Waals surface area contributed by atoms with Crippen LogP contribution in [0.3, 0.4) is 0 Å². The Labute approximate surface area is 103 Å². The van der Waals surface area contributed by atoms with Crippen molar-refractivity contribution >= 4 is 11.6 Å². The summed E-state index contributed by atoms with van der Waals surface area (Å²) in [6.45, 7) is 7.87. The smallest absolute Gasteiger partial charge is 0.0746 e. The summed E-state index contributed by atoms with van der Waals surface area (Å²) >= 11 is 5.91. The van der Waals surface area contributed by atoms with Gasteiger partial charge in [-0.15, -0.1) is 0 Å². The minimum absolute atomic E-state index is 0.125. The molecule has 0 heterocycles. The van der Waals surface area contributed by atoms with Gasteiger partial charge in [0.25, 0.3) is 0 Å². The van der Waals surface area contributed by atoms with Crippen LogP contribution >= 0.6 is 11.6 Å². The average Bonchev–Trinajstić information content (AvgIpc) is 2.21. The number of halogens is 1. The second-order valence-corrected chi connectivity index (χ2v) is 5.07. The molecule has 0 fully saturated rings. The average molecular weight is 242 g/mol. The monoisotopic (exact) mass is 241 g/mol. The summed E-state index contributed by atoms with van der Waals surface area (Å²) < 4.78 is 5.34. The van der Waals surface area contributed by atoms with Gasteiger partial charge in [0.1, 0.15) is 0 Å². The molecule has 0 spiro atoms. The molecule has 1 N–H and O–H groups in total. The zero-order chi connectivity index (χ0) is 12.2. The molecule has 0 aromatic heterocycles. The maximum Gasteiger partial charge on any atom is 0.0746 e. The number of methoxy groups -OCH3 is 1. The van der Waals surface area contributed by atoms with E-state index < -0.39 is 0 Å². The van der Waals surface area contributed by atoms with Crippen molar-refractivity contribution in [1.82, 2.24) is 5.32 Å². The fraction of sp³-hybridized carbons (Fsp3) is 0.538. The maximum absolute atomic E-state index is 5.91. The van der Waals surface area contributed by atoms with Gasteiger partial charge in [0.15, 0.2) is 0 Å². The van der Waals surface area contributed by atoms with Crippen molar-refractivity contribution in [3.8, 4) is 0 Å². The van der Waals surface area contributed by atoms with Crippen molar-refractivity contribution in [2.45, 2.75) is 32.9 Å². The van der Waals surface area contributed by atoms with Crippen LogP contribution in [0.15, 0.2) is 18.2 Å². The molecule has 0 aliphatic carbocycles. The number of hydrogen-bond acceptors (Lipinski definition) is 2. The summed E-state index contributed by atoms with van der Waals surface area (Å²) in [5.74, 6) is 0. The fourth-order valence-corrected chi connectivity index (χ4v) is 1.65. The minimum Gasteiger partial charge on any atom is -0.377 e. The molecule has 0 aliphatic heterocycles. The van der Waals surface area contributed by atoms with Gasteiger partial charge in [-0.05, 0) is 44.0 Å². The van der Waals surface area contributed by atoms with Crippen LogP contribution < -0.4 is 5.32 Å². The van der Waals surface area contributed by atoms with Crippen molar-refractivity contribution in [1.29, 1.82) is 0 Å². The van der Waals surface area contributed by atoms with Crippen LogP contribution in [0.2, 0.25) is 5.02 Å². The lowest BCUT2D eigenvalue weighted by Gasteiger charge is -2.23. The molecule has 0 atom stereocenters. The fourth-order valence-electron chi connectivity index (χ4n) is 1.43. The van der Waals surface area contributed by atoms with Crippen LogP contribution in [0.25, 0.3) is 0 Å². The van der Waals surface area contributed by atoms with Crippen LogP contribution in [-0.4, -0.2) is 19.3 Å². The Bertz CT molecular complexity index is 350. The lowest BCUT2D eigenvalue weighted by atomic mass is 10.1. The Morgan fingerprint density at radius 2 is 2.06 bits per heavy atom. The highest BCUT2D eigenvalue weighted by molar-refractivity contribution is 6.30. The molecule has 1 aromatic rings. The highest BCUT2D eigenvalue weighted by Gasteiger charge is 2.15. The van der Waals surface area contributed by atoms with Gasteiger partial charge >= 0.3 is 0 Å². The Hall–Kier alpha value is -0.570. The quantitative estimate of drug-likeness (QED) is 0.855. The summed E-state index contributed by atoms with van der Waals surface area (Å²) in [6.07, 6.45) is 0. The molecule has 0 saturated heterocycles. The van der Waals surface area contributed by atoms with E-state index in [1.807, 2.05) is 12.1 Å². The third kappa shape index (κ3) is 4.12. The molecule has 16 heavy (non-hydrogen) atoms. The Balaban J connectivity index is 2.49. The lowest BCUT2D eigenvalue weighted by molar-refractivity contribution is 0.0230. The largest absolute Gasteiger partial charge is 0.377 e. The third-order valence-corrected chi connectivity index (χ3v) is 2.96. The van der Waals surface area contributed by atoms with Crippen LogP contribution in [0.1, 0.15) is 25.0 Å². The van der Waals surface area contributed by atoms with E-state index in [2.05, 4.69) is 32.2 Å². The first-order valence-electron chi connectivity index (χ1n) is 5.45. The first-order valence-corrected chi connectivity index (χ1v) is 5.83. The van der Waals surface area contributed by atoms with Crippen molar-refractivity contribution < 1.29 is 4.74 Å². The van der Waals surface area contributed by atoms with E-state index >= 15 is 0 Å². The van der Waals surface area contributed by atoms with Crippen molar-refractivity contribution in [2.75, 3.05) is 13.7 Å². The van der Waals surface area contributed by atoms with Gasteiger partial charge in [-0.1, -0.05) is 17.7 Å². The molecule has 90 valence electrons. The molecular formula is C13H20ClNO. The van der Waals surface area contributed by atoms with Gasteiger partial charge in [0.05, 0.1) is 5.60 Å². The number of ether oxygens (including phenoxy) is 1. The van der Waals surface area contributed by atoms with Crippen LogP contribution in [-0.2, 0) is 11.3 Å². The van der Waals surface area contributed by atoms with Crippen LogP contribution in [0, 0.1) is 6.92 Å². The zero-order valence-corrected chi connectivity index (χ0v) is 11.2. The first kappa shape index (κ1) is 13.5. The Kier molecular flexibility index (Phi) is 4.78. The molecule has 2 nitrogen and oxygen atoms in total. The van der Waals surface area contributed by atoms with Crippen molar-refractivity contribution in [2.24, 2.45) is 0 Å². The molecule has 1 aromatic carbocycles. The lowest BCUT2D eigenvalue weighted by Crippen LogP contribution is -2.36. The third-order valence-electron chi connectivity index (χ3n) is 2.72. The Morgan fingerprint density at radius 1 is 1.38 bits per heavy atom. The second kappa shape index (κ2) is 5.67. The maximum atomic E-state index is 5.91. The molecule has 0 radical (unpaired) electrons. The van der Waals surface area contributed by atoms with Gasteiger partial charge in [-0.25, -0.2) is 0 Å². The van der Waals surface area contributed by atoms with Gasteiger partial charge in [0, 0.05) is 25.2 Å². The molecule has 3 heteroatoms. The van der Waals surface area contributed by atoms with Gasteiger partial charge in [0.2, 0.25) is 0 Å². The molecule has 1 rings (SSSR count). The summed E-state index contributed by atoms with van der Waals surface area (Å²) in [6, 6.07) is 5.97. The SMILES string of the molecule is COC(C)(C)CNCc1ccc(Cl)cc1C. The van der Waals surface area contributed by atoms with Crippen LogP contribution in [0.5, 0.6) is 0 Å². The number of hydrogen-bond donors (Lipinski definition) is 1. The number of nitrogens with one attached hydrogen (secondary N) is 1. The highest BCUT2D eigenvalue weighted by Crippen LogP contribution is 2.15. The predicted molar refractivity (Wildman–Crippen MR) is 69.0 cm³/mol. The van der Waals surface area contributed by atoms with Crippen molar-refractivity contribution in [3.63, 3.8) is 0 Å². The van der Waals surface area contributed by atoms with Gasteiger partial charge in [-0.2, -0.15) is 0 Å². The van der Waals surface area contributed by atoms with E-state index in [1.165, 1.54) is 11.1 Å². The summed E-state index contributed by atoms with van der Waals surface area (Å²) in [5.41, 5.74) is 2.37. The van der Waals surface area contributed by atoms with E-state index in [1.54, 1.807) is 7.11 Å². The second-order valence-electron chi connectivity index (χ2n) is 4.64. The van der Waals surface area contributed by atoms with E-state index in [-0.39, 0.29) is 5.60 Å². The zero-order valence-electron chi connectivity index (χ0n) is 10.4. The van der Waals surface area contributed by atoms with E-state index in [9.17, 15) is 0 Å². The molecule has 0 saturated carbocycles. The Morgan fingerprint density at radius 3 is 2.62 bits per heavy atom. The molecule has 0 bridgehead atoms. The number of benzene rings is 1. The molecular weight excluding hydrogens is 222 g/mol. The van der Waals surface area contributed by atoms with Crippen LogP contribution in [0.4, 0.5) is 0 Å². The van der Waals surface area contributed by atoms with Gasteiger partial charge in [-0.3, -0.25) is 0 Å². The standard InChI is InChI=1S/C13H20ClNO/c1-10-7-12(14)6-5-11(10)8-15-9-13(2,3)16-4/h5-7,15H,8-9H2,1-4H3. The summed E-state index contributed by atoms with van der Waals surface area (Å²) in [5, 5.41) is 4.18.